The summed E-state index contributed by atoms with van der Waals surface area (Å²) < 4.78 is 82.9. The monoisotopic (exact) mass is 506 g/mol. The molecule has 31 heavy (non-hydrogen) atoms. The van der Waals surface area contributed by atoms with Gasteiger partial charge in [0.1, 0.15) is 0 Å². The molecule has 0 bridgehead atoms. The van der Waals surface area contributed by atoms with Crippen LogP contribution in [0.1, 0.15) is 5.56 Å². The number of hydrogen-bond donors (Lipinski definition) is 0. The molecule has 3 aromatic rings. The van der Waals surface area contributed by atoms with Crippen molar-refractivity contribution in [3.63, 3.8) is 0 Å². The number of hydrogen-bond acceptors (Lipinski definition) is 5. The van der Waals surface area contributed by atoms with Gasteiger partial charge in [-0.2, -0.15) is 0 Å². The van der Waals surface area contributed by atoms with Crippen molar-refractivity contribution in [2.45, 2.75) is 16.0 Å². The summed E-state index contributed by atoms with van der Waals surface area (Å²) in [4.78, 5) is -1.02. The highest BCUT2D eigenvalue weighted by molar-refractivity contribution is 7.97. The Morgan fingerprint density at radius 2 is 1.52 bits per heavy atom. The van der Waals surface area contributed by atoms with E-state index < -0.39 is 37.3 Å². The topological polar surface area (TPSA) is 86.7 Å². The van der Waals surface area contributed by atoms with Gasteiger partial charge in [0.25, 0.3) is 0 Å². The second kappa shape index (κ2) is 8.23. The summed E-state index contributed by atoms with van der Waals surface area (Å²) in [5.41, 5.74) is 0.575. The van der Waals surface area contributed by atoms with Gasteiger partial charge in [0, 0.05) is 20.7 Å². The molecule has 6 nitrogen and oxygen atoms in total. The van der Waals surface area contributed by atoms with E-state index in [-0.39, 0.29) is 30.4 Å². The second-order valence-electron chi connectivity index (χ2n) is 7.01. The maximum Gasteiger partial charge on any atom is 0.246 e. The van der Waals surface area contributed by atoms with Gasteiger partial charge in [0.05, 0.1) is 26.2 Å². The van der Waals surface area contributed by atoms with Gasteiger partial charge in [-0.25, -0.2) is 8.78 Å². The number of thiophene rings is 1. The summed E-state index contributed by atoms with van der Waals surface area (Å²) in [6.07, 6.45) is 0. The molecule has 1 saturated heterocycles. The molecule has 2 aromatic carbocycles. The summed E-state index contributed by atoms with van der Waals surface area (Å²) in [5, 5.41) is 1.24. The zero-order chi connectivity index (χ0) is 22.6. The Morgan fingerprint density at radius 3 is 2.10 bits per heavy atom. The molecule has 0 saturated carbocycles. The molecular formula is C19H17ClF2N2O4S3. The van der Waals surface area contributed by atoms with E-state index in [0.717, 1.165) is 43.9 Å². The summed E-state index contributed by atoms with van der Waals surface area (Å²) in [7, 11) is -8.32. The Bertz CT molecular complexity index is 1240. The largest absolute Gasteiger partial charge is 0.593 e. The first-order chi connectivity index (χ1) is 14.5. The zero-order valence-electron chi connectivity index (χ0n) is 16.2. The molecule has 0 amide bonds. The molecule has 1 aliphatic rings. The maximum absolute atomic E-state index is 14.0. The third-order valence-corrected chi connectivity index (χ3v) is 11.1. The van der Waals surface area contributed by atoms with Crippen molar-refractivity contribution in [1.29, 1.82) is 0 Å². The third kappa shape index (κ3) is 3.98. The Kier molecular flexibility index (Phi) is 6.07. The molecule has 0 N–H and O–H groups in total. The van der Waals surface area contributed by atoms with Crippen molar-refractivity contribution < 1.29 is 26.3 Å². The van der Waals surface area contributed by atoms with E-state index in [1.165, 1.54) is 4.31 Å². The minimum absolute atomic E-state index is 0.133. The summed E-state index contributed by atoms with van der Waals surface area (Å²) >= 11 is 7.14. The minimum Gasteiger partial charge on any atom is -0.593 e. The van der Waals surface area contributed by atoms with E-state index in [0.29, 0.717) is 10.6 Å². The average Bonchev–Trinajstić information content (AvgIpc) is 3.04. The molecule has 0 aliphatic carbocycles. The highest BCUT2D eigenvalue weighted by Crippen LogP contribution is 2.39. The van der Waals surface area contributed by atoms with Gasteiger partial charge in [0.15, 0.2) is 32.4 Å². The van der Waals surface area contributed by atoms with Gasteiger partial charge in [-0.1, -0.05) is 37.4 Å². The van der Waals surface area contributed by atoms with Crippen LogP contribution in [0.5, 0.6) is 0 Å². The number of sulfonamides is 2. The molecule has 2 atom stereocenters. The van der Waals surface area contributed by atoms with Gasteiger partial charge in [-0.3, -0.25) is 0 Å². The molecular weight excluding hydrogens is 490 g/mol. The molecule has 166 valence electrons. The fourth-order valence-corrected chi connectivity index (χ4v) is 8.55. The summed E-state index contributed by atoms with van der Waals surface area (Å²) in [5.74, 6) is -2.37. The van der Waals surface area contributed by atoms with Crippen LogP contribution in [0.2, 0.25) is 5.02 Å². The number of piperazine rings is 1. The van der Waals surface area contributed by atoms with Gasteiger partial charge >= 0.3 is 0 Å². The van der Waals surface area contributed by atoms with Gasteiger partial charge in [-0.05, 0) is 37.3 Å². The Balaban J connectivity index is 1.58. The van der Waals surface area contributed by atoms with Gasteiger partial charge in [-0.15, -0.1) is 8.61 Å². The van der Waals surface area contributed by atoms with E-state index in [2.05, 4.69) is 0 Å². The number of halogens is 3. The second-order valence-corrected chi connectivity index (χ2v) is 12.5. The molecule has 4 rings (SSSR count). The van der Waals surface area contributed by atoms with Crippen LogP contribution in [-0.2, 0) is 29.2 Å². The number of nitrogens with zero attached hydrogens (tertiary/aromatic N) is 2. The molecule has 1 fully saturated rings. The van der Waals surface area contributed by atoms with Gasteiger partial charge < -0.3 is 9.11 Å². The van der Waals surface area contributed by atoms with Crippen molar-refractivity contribution >= 4 is 53.8 Å². The van der Waals surface area contributed by atoms with Crippen molar-refractivity contribution in [1.82, 2.24) is 8.61 Å². The van der Waals surface area contributed by atoms with Crippen LogP contribution < -0.4 is 0 Å². The van der Waals surface area contributed by atoms with Crippen LogP contribution in [0.25, 0.3) is 10.1 Å². The first kappa shape index (κ1) is 22.9. The molecule has 2 heterocycles. The van der Waals surface area contributed by atoms with Crippen LogP contribution in [0.3, 0.4) is 0 Å². The van der Waals surface area contributed by atoms with Crippen molar-refractivity contribution in [3.8, 4) is 0 Å². The van der Waals surface area contributed by atoms with Crippen molar-refractivity contribution in [2.75, 3.05) is 26.2 Å². The lowest BCUT2D eigenvalue weighted by molar-refractivity contribution is 0.240. The Morgan fingerprint density at radius 1 is 0.968 bits per heavy atom. The third-order valence-electron chi connectivity index (χ3n) is 5.14. The molecule has 0 radical (unpaired) electrons. The van der Waals surface area contributed by atoms with Crippen molar-refractivity contribution in [2.24, 2.45) is 0 Å². The van der Waals surface area contributed by atoms with Crippen LogP contribution >= 0.6 is 22.9 Å². The van der Waals surface area contributed by atoms with E-state index in [1.54, 1.807) is 25.1 Å². The van der Waals surface area contributed by atoms with Crippen LogP contribution in [0.4, 0.5) is 8.78 Å². The lowest BCUT2D eigenvalue weighted by atomic mass is 10.2. The standard InChI is InChI=1S/C19H17ClF2N2O4S3/c1-12-14-11-13(20)5-6-17(14)29-19(12)31(27,28)24-9-7-23(8-10-24)30(25,26)18-15(21)3-2-4-16(18)22/h2-6,11H,7-10H2,1H3. The summed E-state index contributed by atoms with van der Waals surface area (Å²) in [6.45, 7) is 0.998. The van der Waals surface area contributed by atoms with Crippen LogP contribution in [0.15, 0.2) is 45.5 Å². The van der Waals surface area contributed by atoms with Crippen LogP contribution in [-0.4, -0.2) is 43.9 Å². The SMILES string of the molecule is Cc1c([S+](=O)([O-])N2CCN([S+](=O)([O-])c3c(F)cccc3F)CC2)sc2ccc(Cl)cc12. The van der Waals surface area contributed by atoms with E-state index >= 15 is 0 Å². The first-order valence-electron chi connectivity index (χ1n) is 9.16. The molecule has 2 unspecified atom stereocenters. The predicted molar refractivity (Wildman–Crippen MR) is 115 cm³/mol. The fraction of sp³-hybridized carbons (Fsp3) is 0.263. The Hall–Kier alpha value is -1.31. The van der Waals surface area contributed by atoms with Crippen molar-refractivity contribution in [3.05, 3.63) is 58.6 Å². The molecule has 1 aliphatic heterocycles. The molecule has 12 heteroatoms. The lowest BCUT2D eigenvalue weighted by Crippen LogP contribution is -2.53. The average molecular weight is 507 g/mol. The highest BCUT2D eigenvalue weighted by atomic mass is 35.5. The van der Waals surface area contributed by atoms with Crippen LogP contribution in [0, 0.1) is 18.6 Å². The normalized spacial score (nSPS) is 19.9. The number of fused-ring (bicyclic) bond motifs is 1. The Labute approximate surface area is 189 Å². The summed E-state index contributed by atoms with van der Waals surface area (Å²) in [6, 6.07) is 7.95. The van der Waals surface area contributed by atoms with E-state index in [4.69, 9.17) is 11.6 Å². The highest BCUT2D eigenvalue weighted by Gasteiger charge is 2.43. The smallest absolute Gasteiger partial charge is 0.246 e. The lowest BCUT2D eigenvalue weighted by Gasteiger charge is -2.36. The number of rotatable bonds is 4. The number of benzene rings is 2. The maximum atomic E-state index is 14.0. The minimum atomic E-state index is -4.44. The fourth-order valence-electron chi connectivity index (χ4n) is 3.54. The zero-order valence-corrected chi connectivity index (χ0v) is 19.4. The predicted octanol–water partition coefficient (Wildman–Crippen LogP) is 4.27. The van der Waals surface area contributed by atoms with Gasteiger partial charge in [0.2, 0.25) is 9.10 Å². The first-order valence-corrected chi connectivity index (χ1v) is 13.2. The van der Waals surface area contributed by atoms with E-state index in [1.807, 2.05) is 0 Å². The number of aryl methyl sites for hydroxylation is 1. The van der Waals surface area contributed by atoms with E-state index in [9.17, 15) is 26.3 Å². The quantitative estimate of drug-likeness (QED) is 0.494. The molecule has 1 aromatic heterocycles. The molecule has 0 spiro atoms.